The number of fused-ring (bicyclic) bond motifs is 1. The number of anilines is 2. The summed E-state index contributed by atoms with van der Waals surface area (Å²) >= 11 is 3.56. The van der Waals surface area contributed by atoms with E-state index in [-0.39, 0.29) is 12.4 Å². The molecule has 2 aromatic heterocycles. The number of carbonyl (C=O) groups is 1. The van der Waals surface area contributed by atoms with E-state index >= 15 is 0 Å². The second-order valence-corrected chi connectivity index (χ2v) is 6.55. The number of nitrogens with one attached hydrogen (secondary N) is 1. The molecule has 0 spiro atoms. The van der Waals surface area contributed by atoms with E-state index in [1.807, 2.05) is 44.2 Å². The number of pyridine rings is 2. The van der Waals surface area contributed by atoms with Crippen molar-refractivity contribution in [3.8, 4) is 0 Å². The van der Waals surface area contributed by atoms with Crippen LogP contribution in [0.5, 0.6) is 0 Å². The molecule has 0 atom stereocenters. The van der Waals surface area contributed by atoms with Crippen LogP contribution in [0.4, 0.5) is 11.4 Å². The van der Waals surface area contributed by atoms with Crippen LogP contribution in [0, 0.1) is 13.8 Å². The van der Waals surface area contributed by atoms with Crippen molar-refractivity contribution in [2.24, 2.45) is 0 Å². The lowest BCUT2D eigenvalue weighted by Gasteiger charge is -2.15. The molecule has 0 unspecified atom stereocenters. The Labute approximate surface area is 166 Å². The van der Waals surface area contributed by atoms with Crippen molar-refractivity contribution in [1.82, 2.24) is 9.97 Å². The average Bonchev–Trinajstić information content (AvgIpc) is 2.57. The topological polar surface area (TPSA) is 64.1 Å². The number of hydrogen-bond donors (Lipinski definition) is 1. The van der Waals surface area contributed by atoms with Gasteiger partial charge in [-0.2, -0.15) is 0 Å². The van der Waals surface area contributed by atoms with Gasteiger partial charge in [0.2, 0.25) is 0 Å². The number of carbonyl (C=O) groups excluding carboxylic acids is 1. The normalized spacial score (nSPS) is 10.3. The Morgan fingerprint density at radius 1 is 1.23 bits per heavy atom. The number of aryl methyl sites for hydroxylation is 2. The van der Waals surface area contributed by atoms with Gasteiger partial charge in [-0.05, 0) is 66.5 Å². The summed E-state index contributed by atoms with van der Waals surface area (Å²) in [4.78, 5) is 21.1. The highest BCUT2D eigenvalue weighted by molar-refractivity contribution is 9.10. The van der Waals surface area contributed by atoms with Gasteiger partial charge < -0.3 is 10.1 Å². The predicted molar refractivity (Wildman–Crippen MR) is 110 cm³/mol. The fourth-order valence-corrected chi connectivity index (χ4v) is 3.12. The molecule has 5 nitrogen and oxygen atoms in total. The Hall–Kier alpha value is -2.18. The molecular weight excluding hydrogens is 418 g/mol. The van der Waals surface area contributed by atoms with Gasteiger partial charge >= 0.3 is 5.97 Å². The number of aromatic nitrogens is 2. The van der Waals surface area contributed by atoms with E-state index in [9.17, 15) is 4.79 Å². The van der Waals surface area contributed by atoms with E-state index in [2.05, 4.69) is 31.2 Å². The number of nitrogens with zero attached hydrogens (tertiary/aromatic N) is 2. The fourth-order valence-electron chi connectivity index (χ4n) is 2.53. The van der Waals surface area contributed by atoms with Gasteiger partial charge in [-0.25, -0.2) is 14.8 Å². The molecule has 1 N–H and O–H groups in total. The first-order valence-electron chi connectivity index (χ1n) is 7.96. The van der Waals surface area contributed by atoms with Crippen LogP contribution in [-0.4, -0.2) is 22.5 Å². The molecule has 0 fully saturated rings. The van der Waals surface area contributed by atoms with Crippen molar-refractivity contribution >= 4 is 56.7 Å². The molecule has 0 radical (unpaired) electrons. The lowest BCUT2D eigenvalue weighted by molar-refractivity contribution is 0.0527. The summed E-state index contributed by atoms with van der Waals surface area (Å²) in [7, 11) is 0. The highest BCUT2D eigenvalue weighted by atomic mass is 79.9. The summed E-state index contributed by atoms with van der Waals surface area (Å²) in [5.41, 5.74) is 4.46. The maximum Gasteiger partial charge on any atom is 0.341 e. The molecule has 2 heterocycles. The van der Waals surface area contributed by atoms with E-state index in [4.69, 9.17) is 4.74 Å². The van der Waals surface area contributed by atoms with Crippen LogP contribution in [0.25, 0.3) is 11.0 Å². The highest BCUT2D eigenvalue weighted by Gasteiger charge is 2.18. The maximum absolute atomic E-state index is 12.4. The molecule has 26 heavy (non-hydrogen) atoms. The maximum atomic E-state index is 12.4. The third-order valence-electron chi connectivity index (χ3n) is 3.75. The number of esters is 1. The van der Waals surface area contributed by atoms with Gasteiger partial charge in [0.05, 0.1) is 18.0 Å². The minimum Gasteiger partial charge on any atom is -0.462 e. The standard InChI is InChI=1S/C19H18BrN3O2.ClH/c1-4-25-19(24)14-10-21-18-13(7-6-12(3)22-18)17(14)23-16-8-5-11(2)9-15(16)20;/h5-10H,4H2,1-3H3,(H,21,22,23);1H. The van der Waals surface area contributed by atoms with Crippen LogP contribution >= 0.6 is 28.3 Å². The van der Waals surface area contributed by atoms with Crippen molar-refractivity contribution in [1.29, 1.82) is 0 Å². The second-order valence-electron chi connectivity index (χ2n) is 5.70. The van der Waals surface area contributed by atoms with Gasteiger partial charge in [0, 0.05) is 21.7 Å². The quantitative estimate of drug-likeness (QED) is 0.558. The summed E-state index contributed by atoms with van der Waals surface area (Å²) in [6.45, 7) is 6.01. The third-order valence-corrected chi connectivity index (χ3v) is 4.40. The Kier molecular flexibility index (Phi) is 6.56. The van der Waals surface area contributed by atoms with Crippen molar-refractivity contribution in [3.63, 3.8) is 0 Å². The van der Waals surface area contributed by atoms with Gasteiger partial charge in [-0.15, -0.1) is 12.4 Å². The monoisotopic (exact) mass is 435 g/mol. The van der Waals surface area contributed by atoms with E-state index in [1.165, 1.54) is 6.20 Å². The Bertz CT molecular complexity index is 963. The van der Waals surface area contributed by atoms with Crippen molar-refractivity contribution in [2.45, 2.75) is 20.8 Å². The number of rotatable bonds is 4. The van der Waals surface area contributed by atoms with Crippen LogP contribution in [0.2, 0.25) is 0 Å². The molecule has 3 aromatic rings. The first-order valence-corrected chi connectivity index (χ1v) is 8.75. The predicted octanol–water partition coefficient (Wildman–Crippen LogP) is 5.35. The average molecular weight is 437 g/mol. The lowest BCUT2D eigenvalue weighted by atomic mass is 10.1. The summed E-state index contributed by atoms with van der Waals surface area (Å²) in [5.74, 6) is -0.414. The molecule has 136 valence electrons. The van der Waals surface area contributed by atoms with Crippen LogP contribution in [0.1, 0.15) is 28.5 Å². The number of hydrogen-bond acceptors (Lipinski definition) is 5. The molecule has 0 saturated heterocycles. The molecule has 0 aliphatic rings. The van der Waals surface area contributed by atoms with Crippen LogP contribution in [-0.2, 0) is 4.74 Å². The first-order chi connectivity index (χ1) is 12.0. The van der Waals surface area contributed by atoms with Crippen LogP contribution < -0.4 is 5.32 Å². The molecule has 7 heteroatoms. The van der Waals surface area contributed by atoms with Gasteiger partial charge in [0.25, 0.3) is 0 Å². The minimum atomic E-state index is -0.414. The minimum absolute atomic E-state index is 0. The van der Waals surface area contributed by atoms with Crippen molar-refractivity contribution in [2.75, 3.05) is 11.9 Å². The van der Waals surface area contributed by atoms with Crippen molar-refractivity contribution < 1.29 is 9.53 Å². The van der Waals surface area contributed by atoms with E-state index in [0.29, 0.717) is 23.5 Å². The molecule has 0 aliphatic heterocycles. The molecular formula is C19H19BrClN3O2. The zero-order chi connectivity index (χ0) is 18.0. The number of halogens is 2. The summed E-state index contributed by atoms with van der Waals surface area (Å²) in [5, 5.41) is 4.11. The molecule has 0 aliphatic carbocycles. The second kappa shape index (κ2) is 8.47. The number of benzene rings is 1. The largest absolute Gasteiger partial charge is 0.462 e. The van der Waals surface area contributed by atoms with Gasteiger partial charge in [-0.3, -0.25) is 0 Å². The van der Waals surface area contributed by atoms with Gasteiger partial charge in [-0.1, -0.05) is 6.07 Å². The fraction of sp³-hybridized carbons (Fsp3) is 0.211. The third kappa shape index (κ3) is 4.14. The van der Waals surface area contributed by atoms with E-state index in [1.54, 1.807) is 6.92 Å². The summed E-state index contributed by atoms with van der Waals surface area (Å²) < 4.78 is 6.09. The zero-order valence-corrected chi connectivity index (χ0v) is 17.1. The number of ether oxygens (including phenoxy) is 1. The highest BCUT2D eigenvalue weighted by Crippen LogP contribution is 2.32. The summed E-state index contributed by atoms with van der Waals surface area (Å²) in [6, 6.07) is 9.79. The van der Waals surface area contributed by atoms with Gasteiger partial charge in [0.1, 0.15) is 5.56 Å². The zero-order valence-electron chi connectivity index (χ0n) is 14.7. The molecule has 0 bridgehead atoms. The summed E-state index contributed by atoms with van der Waals surface area (Å²) in [6.07, 6.45) is 1.51. The van der Waals surface area contributed by atoms with Crippen LogP contribution in [0.3, 0.4) is 0 Å². The lowest BCUT2D eigenvalue weighted by Crippen LogP contribution is -2.10. The van der Waals surface area contributed by atoms with Gasteiger partial charge in [0.15, 0.2) is 5.65 Å². The van der Waals surface area contributed by atoms with Crippen molar-refractivity contribution in [3.05, 3.63) is 57.8 Å². The molecule has 1 aromatic carbocycles. The first kappa shape index (κ1) is 20.1. The Morgan fingerprint density at radius 3 is 2.69 bits per heavy atom. The van der Waals surface area contributed by atoms with Crippen LogP contribution in [0.15, 0.2) is 41.0 Å². The SMILES string of the molecule is CCOC(=O)c1cnc2nc(C)ccc2c1Nc1ccc(C)cc1Br.Cl. The smallest absolute Gasteiger partial charge is 0.341 e. The molecule has 3 rings (SSSR count). The molecule has 0 saturated carbocycles. The van der Waals surface area contributed by atoms with E-state index < -0.39 is 5.97 Å². The molecule has 0 amide bonds. The Morgan fingerprint density at radius 2 is 2.00 bits per heavy atom. The Balaban J connectivity index is 0.00000243. The van der Waals surface area contributed by atoms with E-state index in [0.717, 1.165) is 26.8 Å².